The Morgan fingerprint density at radius 2 is 1.28 bits per heavy atom. The van der Waals surface area contributed by atoms with Crippen molar-refractivity contribution < 1.29 is 9.47 Å². The molecular weight excluding hydrogens is 268 g/mol. The lowest BCUT2D eigenvalue weighted by Crippen LogP contribution is -2.26. The van der Waals surface area contributed by atoms with Crippen LogP contribution in [0.15, 0.2) is 33.3 Å². The van der Waals surface area contributed by atoms with Crippen LogP contribution in [-0.2, 0) is 9.47 Å². The maximum Gasteiger partial charge on any atom is 0.110 e. The van der Waals surface area contributed by atoms with E-state index in [4.69, 9.17) is 9.47 Å². The molecule has 3 rings (SSSR count). The SMILES string of the molecule is C1=CN2CCOCCOCCN3C=CS/C3=C/2S1. The van der Waals surface area contributed by atoms with Crippen LogP contribution < -0.4 is 0 Å². The first-order valence-corrected chi connectivity index (χ1v) is 7.81. The van der Waals surface area contributed by atoms with Crippen LogP contribution in [0.3, 0.4) is 0 Å². The van der Waals surface area contributed by atoms with Gasteiger partial charge in [-0.15, -0.1) is 0 Å². The highest BCUT2D eigenvalue weighted by Crippen LogP contribution is 2.40. The van der Waals surface area contributed by atoms with E-state index in [-0.39, 0.29) is 0 Å². The Morgan fingerprint density at radius 3 is 1.78 bits per heavy atom. The van der Waals surface area contributed by atoms with Gasteiger partial charge in [-0.2, -0.15) is 0 Å². The first kappa shape index (κ1) is 12.5. The minimum absolute atomic E-state index is 0.682. The molecule has 0 amide bonds. The Morgan fingerprint density at radius 1 is 0.778 bits per heavy atom. The van der Waals surface area contributed by atoms with Crippen LogP contribution in [0.2, 0.25) is 0 Å². The molecule has 0 bridgehead atoms. The van der Waals surface area contributed by atoms with E-state index in [1.807, 2.05) is 0 Å². The molecule has 0 aromatic heterocycles. The molecule has 3 heterocycles. The average Bonchev–Trinajstić information content (AvgIpc) is 2.98. The van der Waals surface area contributed by atoms with Gasteiger partial charge in [-0.3, -0.25) is 0 Å². The molecule has 0 saturated heterocycles. The fraction of sp³-hybridized carbons (Fsp3) is 0.500. The highest BCUT2D eigenvalue weighted by molar-refractivity contribution is 8.09. The van der Waals surface area contributed by atoms with E-state index in [1.54, 1.807) is 23.5 Å². The predicted octanol–water partition coefficient (Wildman–Crippen LogP) is 2.20. The Labute approximate surface area is 116 Å². The largest absolute Gasteiger partial charge is 0.377 e. The quantitative estimate of drug-likeness (QED) is 0.676. The van der Waals surface area contributed by atoms with Gasteiger partial charge >= 0.3 is 0 Å². The molecule has 0 saturated carbocycles. The summed E-state index contributed by atoms with van der Waals surface area (Å²) < 4.78 is 11.1. The number of fused-ring (bicyclic) bond motifs is 2. The number of ether oxygens (including phenoxy) is 2. The lowest BCUT2D eigenvalue weighted by Gasteiger charge is -2.25. The molecule has 0 fully saturated rings. The normalized spacial score (nSPS) is 28.9. The van der Waals surface area contributed by atoms with E-state index in [9.17, 15) is 0 Å². The van der Waals surface area contributed by atoms with Gasteiger partial charge in [0.15, 0.2) is 0 Å². The van der Waals surface area contributed by atoms with Crippen molar-refractivity contribution >= 4 is 23.5 Å². The third-order valence-corrected chi connectivity index (χ3v) is 4.82. The molecule has 18 heavy (non-hydrogen) atoms. The summed E-state index contributed by atoms with van der Waals surface area (Å²) in [7, 11) is 0. The number of hydrogen-bond acceptors (Lipinski definition) is 6. The molecule has 3 aliphatic rings. The number of hydrogen-bond donors (Lipinski definition) is 0. The van der Waals surface area contributed by atoms with Gasteiger partial charge in [0.2, 0.25) is 0 Å². The minimum Gasteiger partial charge on any atom is -0.377 e. The van der Waals surface area contributed by atoms with Crippen LogP contribution in [0.5, 0.6) is 0 Å². The van der Waals surface area contributed by atoms with Crippen LogP contribution in [0, 0.1) is 0 Å². The fourth-order valence-corrected chi connectivity index (χ4v) is 3.93. The summed E-state index contributed by atoms with van der Waals surface area (Å²) in [5.41, 5.74) is 0. The lowest BCUT2D eigenvalue weighted by atomic mass is 10.5. The smallest absolute Gasteiger partial charge is 0.110 e. The van der Waals surface area contributed by atoms with E-state index in [0.717, 1.165) is 26.3 Å². The molecule has 3 aliphatic heterocycles. The van der Waals surface area contributed by atoms with E-state index >= 15 is 0 Å². The molecule has 0 aliphatic carbocycles. The molecule has 0 radical (unpaired) electrons. The summed E-state index contributed by atoms with van der Waals surface area (Å²) in [5, 5.41) is 6.87. The first-order chi connectivity index (χ1) is 8.95. The van der Waals surface area contributed by atoms with Crippen molar-refractivity contribution in [3.63, 3.8) is 0 Å². The van der Waals surface area contributed by atoms with Crippen LogP contribution >= 0.6 is 23.5 Å². The molecule has 98 valence electrons. The van der Waals surface area contributed by atoms with Crippen LogP contribution in [0.1, 0.15) is 0 Å². The molecule has 0 aromatic carbocycles. The van der Waals surface area contributed by atoms with Crippen molar-refractivity contribution in [2.75, 3.05) is 39.5 Å². The molecule has 0 spiro atoms. The topological polar surface area (TPSA) is 24.9 Å². The molecule has 0 N–H and O–H groups in total. The summed E-state index contributed by atoms with van der Waals surface area (Å²) >= 11 is 3.56. The van der Waals surface area contributed by atoms with Crippen molar-refractivity contribution in [2.24, 2.45) is 0 Å². The Balaban J connectivity index is 1.79. The molecule has 0 aromatic rings. The third kappa shape index (κ3) is 2.71. The van der Waals surface area contributed by atoms with Crippen LogP contribution in [-0.4, -0.2) is 49.3 Å². The highest BCUT2D eigenvalue weighted by Gasteiger charge is 2.23. The third-order valence-electron chi connectivity index (χ3n) is 2.87. The van der Waals surface area contributed by atoms with Gasteiger partial charge in [-0.25, -0.2) is 0 Å². The van der Waals surface area contributed by atoms with E-state index < -0.39 is 0 Å². The van der Waals surface area contributed by atoms with Gasteiger partial charge in [0.05, 0.1) is 26.4 Å². The van der Waals surface area contributed by atoms with Crippen LogP contribution in [0.25, 0.3) is 0 Å². The first-order valence-electron chi connectivity index (χ1n) is 6.05. The zero-order valence-corrected chi connectivity index (χ0v) is 11.7. The number of nitrogens with zero attached hydrogens (tertiary/aromatic N) is 2. The number of rotatable bonds is 0. The zero-order chi connectivity index (χ0) is 12.2. The van der Waals surface area contributed by atoms with Gasteiger partial charge < -0.3 is 19.3 Å². The summed E-state index contributed by atoms with van der Waals surface area (Å²) in [4.78, 5) is 4.55. The Hall–Kier alpha value is -0.560. The fourth-order valence-electron chi connectivity index (χ4n) is 1.95. The van der Waals surface area contributed by atoms with Crippen molar-refractivity contribution in [1.29, 1.82) is 0 Å². The summed E-state index contributed by atoms with van der Waals surface area (Å²) in [6, 6.07) is 0. The second kappa shape index (κ2) is 6.06. The second-order valence-corrected chi connectivity index (χ2v) is 5.82. The predicted molar refractivity (Wildman–Crippen MR) is 75.5 cm³/mol. The maximum atomic E-state index is 5.56. The van der Waals surface area contributed by atoms with Gasteiger partial charge in [0.1, 0.15) is 10.1 Å². The summed E-state index contributed by atoms with van der Waals surface area (Å²) in [6.07, 6.45) is 4.27. The van der Waals surface area contributed by atoms with Crippen LogP contribution in [0.4, 0.5) is 0 Å². The molecule has 6 heteroatoms. The summed E-state index contributed by atoms with van der Waals surface area (Å²) in [5.74, 6) is 0. The van der Waals surface area contributed by atoms with Gasteiger partial charge in [0.25, 0.3) is 0 Å². The van der Waals surface area contributed by atoms with Gasteiger partial charge in [0, 0.05) is 25.5 Å². The van der Waals surface area contributed by atoms with E-state index in [1.165, 1.54) is 10.1 Å². The lowest BCUT2D eigenvalue weighted by molar-refractivity contribution is 0.0402. The van der Waals surface area contributed by atoms with Crippen molar-refractivity contribution in [3.05, 3.63) is 33.3 Å². The summed E-state index contributed by atoms with van der Waals surface area (Å²) in [6.45, 7) is 4.64. The Bertz CT molecular complexity index is 360. The van der Waals surface area contributed by atoms with Crippen molar-refractivity contribution in [2.45, 2.75) is 0 Å². The van der Waals surface area contributed by atoms with Crippen molar-refractivity contribution in [3.8, 4) is 0 Å². The molecule has 0 unspecified atom stereocenters. The Kier molecular flexibility index (Phi) is 4.20. The standard InChI is InChI=1S/C12H16N2O2S2/c1-5-15-7-8-16-6-2-14-4-10-18-12(14)11-13(1)3-9-17-11/h3-4,9-10H,1-2,5-8H2/b12-11-. The molecular formula is C12H16N2O2S2. The van der Waals surface area contributed by atoms with Crippen molar-refractivity contribution in [1.82, 2.24) is 9.80 Å². The van der Waals surface area contributed by atoms with Gasteiger partial charge in [-0.1, -0.05) is 23.5 Å². The second-order valence-electron chi connectivity index (χ2n) is 4.03. The monoisotopic (exact) mass is 284 g/mol. The number of thioether (sulfide) groups is 2. The molecule has 0 atom stereocenters. The molecule has 4 nitrogen and oxygen atoms in total. The maximum absolute atomic E-state index is 5.56. The van der Waals surface area contributed by atoms with Gasteiger partial charge in [-0.05, 0) is 10.8 Å². The van der Waals surface area contributed by atoms with E-state index in [0.29, 0.717) is 13.2 Å². The minimum atomic E-state index is 0.682. The van der Waals surface area contributed by atoms with E-state index in [2.05, 4.69) is 33.0 Å². The average molecular weight is 284 g/mol. The zero-order valence-electron chi connectivity index (χ0n) is 10.1. The highest BCUT2D eigenvalue weighted by atomic mass is 32.2.